The maximum Gasteiger partial charge on any atom is 0.319 e. The molecule has 0 radical (unpaired) electrons. The molecule has 0 heterocycles. The fourth-order valence-corrected chi connectivity index (χ4v) is 2.18. The second-order valence-corrected chi connectivity index (χ2v) is 6.12. The summed E-state index contributed by atoms with van der Waals surface area (Å²) in [7, 11) is -0.891. The van der Waals surface area contributed by atoms with Gasteiger partial charge in [0.25, 0.3) is 0 Å². The fourth-order valence-electron chi connectivity index (χ4n) is 1.79. The topological polar surface area (TPSA) is 70.2 Å². The lowest BCUT2D eigenvalue weighted by atomic mass is 10.1. The highest BCUT2D eigenvalue weighted by molar-refractivity contribution is 7.84. The maximum atomic E-state index is 11.7. The number of carbonyl (C=O) groups is 1. The Balaban J connectivity index is 2.53. The van der Waals surface area contributed by atoms with E-state index in [2.05, 4.69) is 29.8 Å². The van der Waals surface area contributed by atoms with E-state index in [4.69, 9.17) is 0 Å². The van der Waals surface area contributed by atoms with Gasteiger partial charge in [-0.15, -0.1) is 0 Å². The van der Waals surface area contributed by atoms with Crippen LogP contribution in [0.5, 0.6) is 0 Å². The van der Waals surface area contributed by atoms with Gasteiger partial charge in [0.15, 0.2) is 0 Å². The number of nitrogens with one attached hydrogen (secondary N) is 3. The number of amides is 2. The van der Waals surface area contributed by atoms with Crippen molar-refractivity contribution in [2.24, 2.45) is 0 Å². The van der Waals surface area contributed by atoms with Crippen molar-refractivity contribution in [2.75, 3.05) is 30.4 Å². The van der Waals surface area contributed by atoms with Crippen molar-refractivity contribution in [2.45, 2.75) is 19.9 Å². The van der Waals surface area contributed by atoms with E-state index < -0.39 is 10.8 Å². The van der Waals surface area contributed by atoms with E-state index in [9.17, 15) is 9.00 Å². The third-order valence-corrected chi connectivity index (χ3v) is 3.61. The van der Waals surface area contributed by atoms with Crippen LogP contribution in [0.2, 0.25) is 0 Å². The molecule has 1 aromatic rings. The Morgan fingerprint density at radius 3 is 2.80 bits per heavy atom. The number of rotatable bonds is 7. The van der Waals surface area contributed by atoms with Gasteiger partial charge in [-0.1, -0.05) is 19.1 Å². The molecule has 0 bridgehead atoms. The Labute approximate surface area is 123 Å². The highest BCUT2D eigenvalue weighted by atomic mass is 32.2. The number of carbonyl (C=O) groups excluding carboxylic acids is 1. The average molecular weight is 297 g/mol. The van der Waals surface area contributed by atoms with Crippen molar-refractivity contribution >= 4 is 22.5 Å². The van der Waals surface area contributed by atoms with Crippen LogP contribution in [0.1, 0.15) is 25.5 Å². The smallest absolute Gasteiger partial charge is 0.319 e. The summed E-state index contributed by atoms with van der Waals surface area (Å²) in [4.78, 5) is 11.7. The molecule has 20 heavy (non-hydrogen) atoms. The summed E-state index contributed by atoms with van der Waals surface area (Å²) in [5.74, 6) is 0.463. The van der Waals surface area contributed by atoms with Gasteiger partial charge in [0.2, 0.25) is 0 Å². The molecule has 0 saturated carbocycles. The van der Waals surface area contributed by atoms with Crippen LogP contribution in [0.3, 0.4) is 0 Å². The molecule has 0 spiro atoms. The SMILES string of the molecule is CCNC(C)c1cccc(NC(=O)NCCS(C)=O)c1. The molecular weight excluding hydrogens is 274 g/mol. The number of anilines is 1. The van der Waals surface area contributed by atoms with Gasteiger partial charge in [-0.2, -0.15) is 0 Å². The second-order valence-electron chi connectivity index (χ2n) is 4.56. The van der Waals surface area contributed by atoms with E-state index in [-0.39, 0.29) is 12.1 Å². The first-order chi connectivity index (χ1) is 9.52. The van der Waals surface area contributed by atoms with Crippen LogP contribution < -0.4 is 16.0 Å². The Morgan fingerprint density at radius 2 is 2.15 bits per heavy atom. The van der Waals surface area contributed by atoms with Crippen LogP contribution >= 0.6 is 0 Å². The molecule has 3 N–H and O–H groups in total. The first-order valence-electron chi connectivity index (χ1n) is 6.71. The molecular formula is C14H23N3O2S. The number of benzene rings is 1. The van der Waals surface area contributed by atoms with E-state index in [1.807, 2.05) is 24.3 Å². The lowest BCUT2D eigenvalue weighted by Gasteiger charge is -2.14. The van der Waals surface area contributed by atoms with E-state index in [1.165, 1.54) is 0 Å². The lowest BCUT2D eigenvalue weighted by Crippen LogP contribution is -2.31. The first kappa shape index (κ1) is 16.7. The van der Waals surface area contributed by atoms with Gasteiger partial charge in [0, 0.05) is 41.1 Å². The molecule has 6 heteroatoms. The molecule has 0 aliphatic carbocycles. The molecule has 2 unspecified atom stereocenters. The number of hydrogen-bond donors (Lipinski definition) is 3. The summed E-state index contributed by atoms with van der Waals surface area (Å²) >= 11 is 0. The highest BCUT2D eigenvalue weighted by Gasteiger charge is 2.06. The van der Waals surface area contributed by atoms with Gasteiger partial charge in [0.05, 0.1) is 0 Å². The molecule has 5 nitrogen and oxygen atoms in total. The zero-order valence-electron chi connectivity index (χ0n) is 12.2. The van der Waals surface area contributed by atoms with E-state index in [1.54, 1.807) is 6.26 Å². The van der Waals surface area contributed by atoms with Crippen molar-refractivity contribution in [1.82, 2.24) is 10.6 Å². The molecule has 0 saturated heterocycles. The molecule has 0 fully saturated rings. The quantitative estimate of drug-likeness (QED) is 0.719. The predicted octanol–water partition coefficient (Wildman–Crippen LogP) is 1.86. The van der Waals surface area contributed by atoms with Crippen molar-refractivity contribution in [3.63, 3.8) is 0 Å². The molecule has 0 aliphatic rings. The van der Waals surface area contributed by atoms with Crippen molar-refractivity contribution < 1.29 is 9.00 Å². The minimum atomic E-state index is -0.891. The number of hydrogen-bond acceptors (Lipinski definition) is 3. The molecule has 112 valence electrons. The highest BCUT2D eigenvalue weighted by Crippen LogP contribution is 2.17. The van der Waals surface area contributed by atoms with Gasteiger partial charge >= 0.3 is 6.03 Å². The molecule has 2 atom stereocenters. The van der Waals surface area contributed by atoms with E-state index >= 15 is 0 Å². The van der Waals surface area contributed by atoms with Crippen molar-refractivity contribution in [3.05, 3.63) is 29.8 Å². The second kappa shape index (κ2) is 8.71. The van der Waals surface area contributed by atoms with Crippen LogP contribution in [0, 0.1) is 0 Å². The Hall–Kier alpha value is -1.40. The zero-order chi connectivity index (χ0) is 15.0. The zero-order valence-corrected chi connectivity index (χ0v) is 13.0. The molecule has 1 rings (SSSR count). The number of urea groups is 1. The first-order valence-corrected chi connectivity index (χ1v) is 8.44. The third-order valence-electron chi connectivity index (χ3n) is 2.83. The van der Waals surface area contributed by atoms with Crippen LogP contribution in [0.4, 0.5) is 10.5 Å². The predicted molar refractivity (Wildman–Crippen MR) is 84.5 cm³/mol. The van der Waals surface area contributed by atoms with E-state index in [0.29, 0.717) is 12.3 Å². The van der Waals surface area contributed by atoms with E-state index in [0.717, 1.165) is 17.8 Å². The summed E-state index contributed by atoms with van der Waals surface area (Å²) in [6.45, 7) is 5.44. The summed E-state index contributed by atoms with van der Waals surface area (Å²) in [5.41, 5.74) is 1.88. The minimum absolute atomic E-state index is 0.243. The summed E-state index contributed by atoms with van der Waals surface area (Å²) in [5, 5.41) is 8.78. The maximum absolute atomic E-state index is 11.7. The largest absolute Gasteiger partial charge is 0.337 e. The van der Waals surface area contributed by atoms with Crippen LogP contribution in [-0.2, 0) is 10.8 Å². The fraction of sp³-hybridized carbons (Fsp3) is 0.500. The van der Waals surface area contributed by atoms with Crippen molar-refractivity contribution in [1.29, 1.82) is 0 Å². The molecule has 2 amide bonds. The standard InChI is InChI=1S/C14H23N3O2S/c1-4-15-11(2)12-6-5-7-13(10-12)17-14(18)16-8-9-20(3)19/h5-7,10-11,15H,4,8-9H2,1-3H3,(H2,16,17,18). The Morgan fingerprint density at radius 1 is 1.40 bits per heavy atom. The van der Waals surface area contributed by atoms with Gasteiger partial charge in [0.1, 0.15) is 0 Å². The van der Waals surface area contributed by atoms with Crippen LogP contribution in [0.25, 0.3) is 0 Å². The Kier molecular flexibility index (Phi) is 7.25. The summed E-state index contributed by atoms with van der Waals surface area (Å²) in [6, 6.07) is 7.71. The summed E-state index contributed by atoms with van der Waals surface area (Å²) in [6.07, 6.45) is 1.62. The lowest BCUT2D eigenvalue weighted by molar-refractivity contribution is 0.252. The molecule has 0 aromatic heterocycles. The third kappa shape index (κ3) is 6.16. The van der Waals surface area contributed by atoms with Gasteiger partial charge in [-0.05, 0) is 31.2 Å². The Bertz CT molecular complexity index is 465. The van der Waals surface area contributed by atoms with Crippen molar-refractivity contribution in [3.8, 4) is 0 Å². The average Bonchev–Trinajstić information content (AvgIpc) is 2.38. The minimum Gasteiger partial charge on any atom is -0.337 e. The van der Waals surface area contributed by atoms with Gasteiger partial charge in [-0.3, -0.25) is 4.21 Å². The molecule has 0 aliphatic heterocycles. The monoisotopic (exact) mass is 297 g/mol. The van der Waals surface area contributed by atoms with Gasteiger partial charge in [-0.25, -0.2) is 4.79 Å². The van der Waals surface area contributed by atoms with Crippen LogP contribution in [-0.4, -0.2) is 35.3 Å². The molecule has 1 aromatic carbocycles. The summed E-state index contributed by atoms with van der Waals surface area (Å²) < 4.78 is 10.9. The van der Waals surface area contributed by atoms with Crippen LogP contribution in [0.15, 0.2) is 24.3 Å². The van der Waals surface area contributed by atoms with Gasteiger partial charge < -0.3 is 16.0 Å². The normalized spacial score (nSPS) is 13.6.